The Kier molecular flexibility index (Phi) is 6.32. The monoisotopic (exact) mass is 389 g/mol. The van der Waals surface area contributed by atoms with Crippen LogP contribution in [0.4, 0.5) is 11.4 Å². The fourth-order valence-corrected chi connectivity index (χ4v) is 2.79. The van der Waals surface area contributed by atoms with Crippen LogP contribution in [0.25, 0.3) is 0 Å². The summed E-state index contributed by atoms with van der Waals surface area (Å²) in [6.45, 7) is 0.395. The molecule has 0 heterocycles. The summed E-state index contributed by atoms with van der Waals surface area (Å²) in [5.74, 6) is -0.872. The van der Waals surface area contributed by atoms with Crippen molar-refractivity contribution in [1.82, 2.24) is 5.32 Å². The molecule has 3 rings (SSSR count). The predicted octanol–water partition coefficient (Wildman–Crippen LogP) is 3.82. The highest BCUT2D eigenvalue weighted by Gasteiger charge is 2.18. The van der Waals surface area contributed by atoms with Gasteiger partial charge in [-0.15, -0.1) is 0 Å². The molecule has 0 saturated carbocycles. The van der Waals surface area contributed by atoms with Gasteiger partial charge in [0.05, 0.1) is 16.2 Å². The molecule has 3 aromatic rings. The number of carbonyl (C=O) groups is 2. The van der Waals surface area contributed by atoms with Gasteiger partial charge >= 0.3 is 0 Å². The lowest BCUT2D eigenvalue weighted by molar-refractivity contribution is -0.384. The van der Waals surface area contributed by atoms with Crippen LogP contribution in [0.15, 0.2) is 78.9 Å². The minimum absolute atomic E-state index is 0.0882. The second-order valence-corrected chi connectivity index (χ2v) is 6.30. The van der Waals surface area contributed by atoms with E-state index in [0.29, 0.717) is 18.5 Å². The predicted molar refractivity (Wildman–Crippen MR) is 110 cm³/mol. The average Bonchev–Trinajstić information content (AvgIpc) is 2.75. The van der Waals surface area contributed by atoms with E-state index in [1.54, 1.807) is 30.3 Å². The number of anilines is 1. The van der Waals surface area contributed by atoms with Crippen LogP contribution in [0.5, 0.6) is 0 Å². The number of nitrogens with zero attached hydrogens (tertiary/aromatic N) is 1. The minimum Gasteiger partial charge on any atom is -0.352 e. The molecule has 0 aliphatic heterocycles. The summed E-state index contributed by atoms with van der Waals surface area (Å²) in [6, 6.07) is 21.9. The van der Waals surface area contributed by atoms with Crippen LogP contribution in [0.2, 0.25) is 0 Å². The van der Waals surface area contributed by atoms with E-state index in [0.717, 1.165) is 5.56 Å². The van der Waals surface area contributed by atoms with Gasteiger partial charge in [0.25, 0.3) is 17.5 Å². The van der Waals surface area contributed by atoms with E-state index < -0.39 is 16.7 Å². The second kappa shape index (κ2) is 9.27. The summed E-state index contributed by atoms with van der Waals surface area (Å²) < 4.78 is 0. The third-order valence-corrected chi connectivity index (χ3v) is 4.28. The van der Waals surface area contributed by atoms with Crippen molar-refractivity contribution in [3.05, 3.63) is 106 Å². The first-order valence-corrected chi connectivity index (χ1v) is 9.01. The number of hydrogen-bond donors (Lipinski definition) is 2. The number of hydrogen-bond acceptors (Lipinski definition) is 4. The Labute approximate surface area is 167 Å². The fourth-order valence-electron chi connectivity index (χ4n) is 2.79. The van der Waals surface area contributed by atoms with Gasteiger partial charge < -0.3 is 10.6 Å². The molecule has 7 nitrogen and oxygen atoms in total. The van der Waals surface area contributed by atoms with Crippen LogP contribution in [0.1, 0.15) is 26.3 Å². The van der Waals surface area contributed by atoms with Gasteiger partial charge in [0, 0.05) is 24.2 Å². The Morgan fingerprint density at radius 1 is 0.862 bits per heavy atom. The molecule has 0 aliphatic rings. The quantitative estimate of drug-likeness (QED) is 0.474. The molecule has 0 radical (unpaired) electrons. The summed E-state index contributed by atoms with van der Waals surface area (Å²) in [4.78, 5) is 35.6. The zero-order valence-electron chi connectivity index (χ0n) is 15.5. The zero-order valence-corrected chi connectivity index (χ0v) is 15.5. The smallest absolute Gasteiger partial charge is 0.271 e. The number of non-ortho nitro benzene ring substituents is 1. The number of amides is 2. The molecule has 29 heavy (non-hydrogen) atoms. The van der Waals surface area contributed by atoms with E-state index in [1.807, 2.05) is 30.3 Å². The van der Waals surface area contributed by atoms with Crippen molar-refractivity contribution < 1.29 is 14.5 Å². The minimum atomic E-state index is -0.574. The van der Waals surface area contributed by atoms with Gasteiger partial charge in [0.2, 0.25) is 0 Å². The topological polar surface area (TPSA) is 101 Å². The van der Waals surface area contributed by atoms with Crippen molar-refractivity contribution in [2.75, 3.05) is 11.9 Å². The number of rotatable bonds is 7. The summed E-state index contributed by atoms with van der Waals surface area (Å²) >= 11 is 0. The highest BCUT2D eigenvalue weighted by molar-refractivity contribution is 6.09. The zero-order chi connectivity index (χ0) is 20.6. The van der Waals surface area contributed by atoms with E-state index in [4.69, 9.17) is 0 Å². The number of benzene rings is 3. The lowest BCUT2D eigenvalue weighted by atomic mass is 10.1. The number of nitro groups is 1. The molecule has 146 valence electrons. The van der Waals surface area contributed by atoms with Crippen LogP contribution in [-0.4, -0.2) is 23.3 Å². The van der Waals surface area contributed by atoms with Gasteiger partial charge in [-0.2, -0.15) is 0 Å². The molecular formula is C22H19N3O4. The molecule has 0 atom stereocenters. The van der Waals surface area contributed by atoms with E-state index in [-0.39, 0.29) is 16.9 Å². The van der Waals surface area contributed by atoms with Gasteiger partial charge in [-0.05, 0) is 30.2 Å². The maximum atomic E-state index is 12.6. The molecular weight excluding hydrogens is 370 g/mol. The summed E-state index contributed by atoms with van der Waals surface area (Å²) in [6.07, 6.45) is 0.644. The number of nitro benzene ring substituents is 1. The van der Waals surface area contributed by atoms with Gasteiger partial charge in [-0.1, -0.05) is 48.5 Å². The van der Waals surface area contributed by atoms with Gasteiger partial charge in [-0.25, -0.2) is 0 Å². The molecule has 2 N–H and O–H groups in total. The normalized spacial score (nSPS) is 10.2. The maximum Gasteiger partial charge on any atom is 0.271 e. The number of carbonyl (C=O) groups excluding carboxylic acids is 2. The Bertz CT molecular complexity index is 1020. The SMILES string of the molecule is O=C(Nc1cc([N+](=O)[O-])ccc1C(=O)NCCc1ccccc1)c1ccccc1. The maximum absolute atomic E-state index is 12.6. The van der Waals surface area contributed by atoms with E-state index >= 15 is 0 Å². The lowest BCUT2D eigenvalue weighted by Gasteiger charge is -2.12. The number of nitrogens with one attached hydrogen (secondary N) is 2. The fraction of sp³-hybridized carbons (Fsp3) is 0.0909. The first-order valence-electron chi connectivity index (χ1n) is 9.01. The van der Waals surface area contributed by atoms with Crippen LogP contribution in [0.3, 0.4) is 0 Å². The van der Waals surface area contributed by atoms with Gasteiger partial charge in [0.15, 0.2) is 0 Å². The van der Waals surface area contributed by atoms with Crippen molar-refractivity contribution in [3.63, 3.8) is 0 Å². The van der Waals surface area contributed by atoms with E-state index in [1.165, 1.54) is 18.2 Å². The second-order valence-electron chi connectivity index (χ2n) is 6.30. The largest absolute Gasteiger partial charge is 0.352 e. The van der Waals surface area contributed by atoms with Crippen molar-refractivity contribution >= 4 is 23.2 Å². The summed E-state index contributed by atoms with van der Waals surface area (Å²) in [7, 11) is 0. The van der Waals surface area contributed by atoms with Crippen LogP contribution in [0, 0.1) is 10.1 Å². The third kappa shape index (κ3) is 5.26. The molecule has 0 aliphatic carbocycles. The first kappa shape index (κ1) is 19.8. The van der Waals surface area contributed by atoms with Crippen molar-refractivity contribution in [1.29, 1.82) is 0 Å². The summed E-state index contributed by atoms with van der Waals surface area (Å²) in [5.41, 5.74) is 1.50. The Balaban J connectivity index is 1.76. The van der Waals surface area contributed by atoms with Gasteiger partial charge in [0.1, 0.15) is 0 Å². The van der Waals surface area contributed by atoms with Crippen molar-refractivity contribution in [3.8, 4) is 0 Å². The Hall–Kier alpha value is -4.00. The molecule has 0 bridgehead atoms. The van der Waals surface area contributed by atoms with E-state index in [9.17, 15) is 19.7 Å². The van der Waals surface area contributed by atoms with Crippen LogP contribution >= 0.6 is 0 Å². The molecule has 2 amide bonds. The molecule has 0 saturated heterocycles. The Morgan fingerprint density at radius 2 is 1.52 bits per heavy atom. The molecule has 0 spiro atoms. The van der Waals surface area contributed by atoms with Crippen LogP contribution < -0.4 is 10.6 Å². The first-order chi connectivity index (χ1) is 14.0. The highest BCUT2D eigenvalue weighted by atomic mass is 16.6. The molecule has 3 aromatic carbocycles. The Morgan fingerprint density at radius 3 is 2.17 bits per heavy atom. The van der Waals surface area contributed by atoms with Crippen LogP contribution in [-0.2, 0) is 6.42 Å². The standard InChI is InChI=1S/C22H19N3O4/c26-21(17-9-5-2-6-10-17)24-20-15-18(25(28)29)11-12-19(20)22(27)23-14-13-16-7-3-1-4-8-16/h1-12,15H,13-14H2,(H,23,27)(H,24,26). The van der Waals surface area contributed by atoms with E-state index in [2.05, 4.69) is 10.6 Å². The third-order valence-electron chi connectivity index (χ3n) is 4.28. The van der Waals surface area contributed by atoms with Crippen molar-refractivity contribution in [2.45, 2.75) is 6.42 Å². The lowest BCUT2D eigenvalue weighted by Crippen LogP contribution is -2.27. The molecule has 7 heteroatoms. The molecule has 0 fully saturated rings. The summed E-state index contributed by atoms with van der Waals surface area (Å²) in [5, 5.41) is 16.5. The molecule has 0 aromatic heterocycles. The van der Waals surface area contributed by atoms with Gasteiger partial charge in [-0.3, -0.25) is 19.7 Å². The highest BCUT2D eigenvalue weighted by Crippen LogP contribution is 2.23. The molecule has 0 unspecified atom stereocenters. The van der Waals surface area contributed by atoms with Crippen molar-refractivity contribution in [2.24, 2.45) is 0 Å². The average molecular weight is 389 g/mol.